The summed E-state index contributed by atoms with van der Waals surface area (Å²) < 4.78 is 9.06. The molecule has 0 bridgehead atoms. The molecule has 13 nitrogen and oxygen atoms in total. The molecule has 0 fully saturated rings. The third-order valence-electron chi connectivity index (χ3n) is 3.16. The number of ether oxygens (including phenoxy) is 2. The normalized spacial score (nSPS) is 25.8. The highest BCUT2D eigenvalue weighted by Crippen LogP contribution is 2.28. The van der Waals surface area contributed by atoms with Gasteiger partial charge in [0, 0.05) is 5.04 Å². The highest BCUT2D eigenvalue weighted by molar-refractivity contribution is 5.89. The average molecular weight is 366 g/mol. The van der Waals surface area contributed by atoms with Crippen LogP contribution in [0.4, 0.5) is 0 Å². The van der Waals surface area contributed by atoms with Gasteiger partial charge in [-0.05, 0) is 0 Å². The number of aliphatic hydroxyl groups excluding tert-OH is 6. The molecule has 2 aliphatic heterocycles. The fourth-order valence-corrected chi connectivity index (χ4v) is 1.88. The molecule has 2 aliphatic rings. The van der Waals surface area contributed by atoms with E-state index in [9.17, 15) is 30.0 Å². The van der Waals surface area contributed by atoms with Gasteiger partial charge in [0.1, 0.15) is 12.2 Å². The lowest BCUT2D eigenvalue weighted by molar-refractivity contribution is -0.485. The largest absolute Gasteiger partial charge is 0.499 e. The van der Waals surface area contributed by atoms with Gasteiger partial charge in [-0.15, -0.1) is 0 Å². The number of hydrogen-bond donors (Lipinski definition) is 6. The van der Waals surface area contributed by atoms with Crippen LogP contribution in [0.5, 0.6) is 0 Å². The highest BCUT2D eigenvalue weighted by atomic mass is 17.5. The fraction of sp³-hybridized carbons (Fsp3) is 0.500. The first-order valence-corrected chi connectivity index (χ1v) is 6.69. The predicted molar refractivity (Wildman–Crippen MR) is 68.5 cm³/mol. The second-order valence-electron chi connectivity index (χ2n) is 4.81. The summed E-state index contributed by atoms with van der Waals surface area (Å²) in [6, 6.07) is 0. The third-order valence-corrected chi connectivity index (χ3v) is 3.16. The van der Waals surface area contributed by atoms with E-state index in [-0.39, 0.29) is 0 Å². The van der Waals surface area contributed by atoms with E-state index in [0.717, 1.165) is 0 Å². The van der Waals surface area contributed by atoms with Crippen LogP contribution in [0, 0.1) is 0 Å². The van der Waals surface area contributed by atoms with Crippen LogP contribution in [0.2, 0.25) is 0 Å². The topological polar surface area (TPSA) is 202 Å². The molecule has 0 radical (unpaired) electrons. The summed E-state index contributed by atoms with van der Waals surface area (Å²) in [6.07, 6.45) is -6.52. The highest BCUT2D eigenvalue weighted by Gasteiger charge is 2.44. The van der Waals surface area contributed by atoms with Gasteiger partial charge in [-0.1, -0.05) is 0 Å². The molecule has 0 saturated carbocycles. The molecule has 2 rings (SSSR count). The molecule has 0 aromatic rings. The lowest BCUT2D eigenvalue weighted by Gasteiger charge is -2.18. The first kappa shape index (κ1) is 18.8. The molecule has 140 valence electrons. The van der Waals surface area contributed by atoms with Gasteiger partial charge in [-0.2, -0.15) is 0 Å². The van der Waals surface area contributed by atoms with E-state index in [1.807, 2.05) is 0 Å². The van der Waals surface area contributed by atoms with Crippen LogP contribution in [0.3, 0.4) is 0 Å². The minimum absolute atomic E-state index is 0.754. The number of hydrogen-bond acceptors (Lipinski definition) is 13. The number of rotatable bonds is 8. The fourth-order valence-electron chi connectivity index (χ4n) is 1.88. The summed E-state index contributed by atoms with van der Waals surface area (Å²) in [5.74, 6) is -6.21. The van der Waals surface area contributed by atoms with E-state index in [0.29, 0.717) is 0 Å². The molecule has 2 heterocycles. The molecule has 0 aromatic heterocycles. The maximum atomic E-state index is 11.2. The summed E-state index contributed by atoms with van der Waals surface area (Å²) >= 11 is 0. The van der Waals surface area contributed by atoms with Crippen molar-refractivity contribution in [3.63, 3.8) is 0 Å². The average Bonchev–Trinajstić information content (AvgIpc) is 3.05. The first-order valence-electron chi connectivity index (χ1n) is 6.69. The van der Waals surface area contributed by atoms with Crippen molar-refractivity contribution in [2.45, 2.75) is 24.4 Å². The molecule has 0 saturated heterocycles. The van der Waals surface area contributed by atoms with Gasteiger partial charge < -0.3 is 40.1 Å². The van der Waals surface area contributed by atoms with Crippen LogP contribution in [-0.2, 0) is 33.9 Å². The molecular formula is C12H14O13. The van der Waals surface area contributed by atoms with Crippen LogP contribution in [0.25, 0.3) is 0 Å². The van der Waals surface area contributed by atoms with Gasteiger partial charge in [-0.25, -0.2) is 9.59 Å². The second kappa shape index (κ2) is 7.54. The monoisotopic (exact) mass is 366 g/mol. The third kappa shape index (κ3) is 3.59. The van der Waals surface area contributed by atoms with Crippen molar-refractivity contribution >= 4 is 11.9 Å². The summed E-state index contributed by atoms with van der Waals surface area (Å²) in [6.45, 7) is -1.70. The zero-order valence-electron chi connectivity index (χ0n) is 12.3. The molecular weight excluding hydrogens is 352 g/mol. The van der Waals surface area contributed by atoms with E-state index in [1.165, 1.54) is 0 Å². The SMILES string of the molecule is O=C1O[C@H]([C@@H](O)CO)C(OOOC2=C(O)C(=O)O[C@@H]2[C@@H](O)CO)=C1O. The van der Waals surface area contributed by atoms with Crippen LogP contribution in [0.1, 0.15) is 0 Å². The number of cyclic esters (lactones) is 2. The zero-order valence-corrected chi connectivity index (χ0v) is 12.3. The van der Waals surface area contributed by atoms with Crippen molar-refractivity contribution in [3.05, 3.63) is 23.0 Å². The number of esters is 2. The Bertz CT molecular complexity index is 556. The van der Waals surface area contributed by atoms with Crippen molar-refractivity contribution in [1.82, 2.24) is 0 Å². The Morgan fingerprint density at radius 2 is 1.20 bits per heavy atom. The molecule has 0 amide bonds. The van der Waals surface area contributed by atoms with Gasteiger partial charge in [-0.3, -0.25) is 9.78 Å². The second-order valence-corrected chi connectivity index (χ2v) is 4.81. The van der Waals surface area contributed by atoms with Crippen LogP contribution in [-0.4, -0.2) is 80.2 Å². The molecule has 0 aromatic carbocycles. The van der Waals surface area contributed by atoms with E-state index >= 15 is 0 Å². The number of aliphatic hydroxyl groups is 6. The Balaban J connectivity index is 2.05. The lowest BCUT2D eigenvalue weighted by Crippen LogP contribution is -2.33. The Kier molecular flexibility index (Phi) is 5.66. The van der Waals surface area contributed by atoms with Crippen LogP contribution in [0.15, 0.2) is 23.0 Å². The van der Waals surface area contributed by atoms with E-state index in [1.54, 1.807) is 0 Å². The molecule has 0 spiro atoms. The molecule has 0 aliphatic carbocycles. The summed E-state index contributed by atoms with van der Waals surface area (Å²) in [7, 11) is 0. The van der Waals surface area contributed by atoms with E-state index in [2.05, 4.69) is 24.3 Å². The smallest absolute Gasteiger partial charge is 0.378 e. The Morgan fingerprint density at radius 3 is 1.52 bits per heavy atom. The molecule has 4 atom stereocenters. The molecule has 0 unspecified atom stereocenters. The zero-order chi connectivity index (χ0) is 18.7. The quantitative estimate of drug-likeness (QED) is 0.144. The van der Waals surface area contributed by atoms with Crippen molar-refractivity contribution in [3.8, 4) is 0 Å². The van der Waals surface area contributed by atoms with Gasteiger partial charge in [0.05, 0.1) is 13.2 Å². The van der Waals surface area contributed by atoms with Crippen LogP contribution < -0.4 is 0 Å². The van der Waals surface area contributed by atoms with Crippen LogP contribution >= 0.6 is 0 Å². The van der Waals surface area contributed by atoms with Gasteiger partial charge in [0.2, 0.25) is 23.0 Å². The Labute approximate surface area is 138 Å². The van der Waals surface area contributed by atoms with Crippen molar-refractivity contribution in [2.24, 2.45) is 0 Å². The van der Waals surface area contributed by atoms with E-state index < -0.39 is 72.6 Å². The standard InChI is InChI=1S/C12H14O13/c13-1-3(15)7-9(5(17)11(19)21-7)23-25-24-10-6(18)12(20)22-8(10)4(16)2-14/h3-4,7-8,13-18H,1-2H2/t3-,4-,7+,8+/m0/s1. The number of carbonyl (C=O) groups is 2. The molecule has 13 heteroatoms. The maximum absolute atomic E-state index is 11.2. The minimum atomic E-state index is -1.65. The van der Waals surface area contributed by atoms with Gasteiger partial charge in [0.25, 0.3) is 0 Å². The van der Waals surface area contributed by atoms with Crippen molar-refractivity contribution < 1.29 is 64.5 Å². The molecule has 6 N–H and O–H groups in total. The first-order chi connectivity index (χ1) is 11.8. The Morgan fingerprint density at radius 1 is 0.840 bits per heavy atom. The number of carbonyl (C=O) groups excluding carboxylic acids is 2. The van der Waals surface area contributed by atoms with Crippen molar-refractivity contribution in [2.75, 3.05) is 13.2 Å². The summed E-state index contributed by atoms with van der Waals surface area (Å²) in [5.41, 5.74) is 0. The molecule has 25 heavy (non-hydrogen) atoms. The lowest BCUT2D eigenvalue weighted by atomic mass is 10.2. The van der Waals surface area contributed by atoms with E-state index in [4.69, 9.17) is 10.2 Å². The van der Waals surface area contributed by atoms with Crippen molar-refractivity contribution in [1.29, 1.82) is 0 Å². The summed E-state index contributed by atoms with van der Waals surface area (Å²) in [5, 5.41) is 59.8. The predicted octanol–water partition coefficient (Wildman–Crippen LogP) is -3.04. The minimum Gasteiger partial charge on any atom is -0.499 e. The maximum Gasteiger partial charge on any atom is 0.378 e. The Hall–Kier alpha value is -2.58. The van der Waals surface area contributed by atoms with Gasteiger partial charge in [0.15, 0.2) is 12.2 Å². The summed E-state index contributed by atoms with van der Waals surface area (Å²) in [4.78, 5) is 31.4. The van der Waals surface area contributed by atoms with Gasteiger partial charge >= 0.3 is 11.9 Å².